The summed E-state index contributed by atoms with van der Waals surface area (Å²) >= 11 is 5.93. The third-order valence-corrected chi connectivity index (χ3v) is 2.76. The Labute approximate surface area is 109 Å². The Hall–Kier alpha value is -1.87. The number of benzene rings is 2. The van der Waals surface area contributed by atoms with Gasteiger partial charge in [0.15, 0.2) is 0 Å². The van der Waals surface area contributed by atoms with Gasteiger partial charge in [0, 0.05) is 0 Å². The van der Waals surface area contributed by atoms with Crippen molar-refractivity contribution in [1.29, 1.82) is 0 Å². The molecule has 92 valence electrons. The molecule has 4 heteroatoms. The molecule has 2 aromatic carbocycles. The highest BCUT2D eigenvalue weighted by molar-refractivity contribution is 6.33. The lowest BCUT2D eigenvalue weighted by Crippen LogP contribution is -2.14. The first-order chi connectivity index (χ1) is 8.65. The lowest BCUT2D eigenvalue weighted by molar-refractivity contribution is -0.115. The van der Waals surface area contributed by atoms with Crippen LogP contribution < -0.4 is 5.32 Å². The Morgan fingerprint density at radius 3 is 2.44 bits per heavy atom. The van der Waals surface area contributed by atoms with E-state index in [0.717, 1.165) is 5.56 Å². The van der Waals surface area contributed by atoms with Gasteiger partial charge >= 0.3 is 0 Å². The van der Waals surface area contributed by atoms with Gasteiger partial charge in [-0.25, -0.2) is 4.39 Å². The lowest BCUT2D eigenvalue weighted by Gasteiger charge is -2.06. The van der Waals surface area contributed by atoms with Gasteiger partial charge in [-0.2, -0.15) is 0 Å². The average Bonchev–Trinajstić information content (AvgIpc) is 2.35. The fourth-order valence-corrected chi connectivity index (χ4v) is 1.73. The van der Waals surface area contributed by atoms with E-state index in [1.807, 2.05) is 0 Å². The molecule has 2 nitrogen and oxygen atoms in total. The molecule has 0 heterocycles. The van der Waals surface area contributed by atoms with Crippen LogP contribution in [0.25, 0.3) is 0 Å². The van der Waals surface area contributed by atoms with Gasteiger partial charge in [0.25, 0.3) is 0 Å². The van der Waals surface area contributed by atoms with Crippen molar-refractivity contribution in [2.45, 2.75) is 6.42 Å². The number of hydrogen-bond acceptors (Lipinski definition) is 1. The number of nitrogens with one attached hydrogen (secondary N) is 1. The fraction of sp³-hybridized carbons (Fsp3) is 0.0714. The van der Waals surface area contributed by atoms with E-state index in [0.29, 0.717) is 10.7 Å². The largest absolute Gasteiger partial charge is 0.324 e. The van der Waals surface area contributed by atoms with Crippen molar-refractivity contribution in [1.82, 2.24) is 0 Å². The van der Waals surface area contributed by atoms with Crippen LogP contribution in [-0.2, 0) is 11.2 Å². The zero-order valence-corrected chi connectivity index (χ0v) is 10.2. The highest BCUT2D eigenvalue weighted by atomic mass is 35.5. The second-order valence-electron chi connectivity index (χ2n) is 3.83. The monoisotopic (exact) mass is 263 g/mol. The summed E-state index contributed by atoms with van der Waals surface area (Å²) in [6.07, 6.45) is 0.186. The van der Waals surface area contributed by atoms with Crippen molar-refractivity contribution < 1.29 is 9.18 Å². The molecule has 0 radical (unpaired) electrons. The van der Waals surface area contributed by atoms with Gasteiger partial charge in [0.2, 0.25) is 5.91 Å². The standard InChI is InChI=1S/C14H11ClFNO/c15-12-3-1-2-4-13(12)17-14(18)9-10-5-7-11(16)8-6-10/h1-8H,9H2,(H,17,18). The predicted octanol–water partition coefficient (Wildman–Crippen LogP) is 3.66. The molecule has 18 heavy (non-hydrogen) atoms. The van der Waals surface area contributed by atoms with E-state index in [1.54, 1.807) is 36.4 Å². The summed E-state index contributed by atoms with van der Waals surface area (Å²) < 4.78 is 12.7. The van der Waals surface area contributed by atoms with E-state index in [4.69, 9.17) is 11.6 Å². The number of halogens is 2. The molecule has 0 saturated heterocycles. The Kier molecular flexibility index (Phi) is 3.95. The molecule has 0 aliphatic heterocycles. The van der Waals surface area contributed by atoms with Gasteiger partial charge in [0.05, 0.1) is 17.1 Å². The number of rotatable bonds is 3. The maximum atomic E-state index is 12.7. The van der Waals surface area contributed by atoms with Crippen molar-refractivity contribution in [2.75, 3.05) is 5.32 Å². The summed E-state index contributed by atoms with van der Waals surface area (Å²) in [6, 6.07) is 12.8. The van der Waals surface area contributed by atoms with Gasteiger partial charge in [-0.15, -0.1) is 0 Å². The van der Waals surface area contributed by atoms with Gasteiger partial charge in [-0.05, 0) is 29.8 Å². The Morgan fingerprint density at radius 2 is 1.78 bits per heavy atom. The second kappa shape index (κ2) is 5.65. The molecule has 2 rings (SSSR count). The Balaban J connectivity index is 2.01. The van der Waals surface area contributed by atoms with Gasteiger partial charge in [0.1, 0.15) is 5.82 Å². The Morgan fingerprint density at radius 1 is 1.11 bits per heavy atom. The average molecular weight is 264 g/mol. The summed E-state index contributed by atoms with van der Waals surface area (Å²) in [6.45, 7) is 0. The number of amides is 1. The van der Waals surface area contributed by atoms with Crippen LogP contribution in [0.4, 0.5) is 10.1 Å². The minimum Gasteiger partial charge on any atom is -0.324 e. The van der Waals surface area contributed by atoms with Crippen LogP contribution in [0.2, 0.25) is 5.02 Å². The maximum Gasteiger partial charge on any atom is 0.228 e. The van der Waals surface area contributed by atoms with Crippen LogP contribution >= 0.6 is 11.6 Å². The molecule has 0 aliphatic rings. The zero-order chi connectivity index (χ0) is 13.0. The van der Waals surface area contributed by atoms with Crippen LogP contribution in [-0.4, -0.2) is 5.91 Å². The van der Waals surface area contributed by atoms with Crippen molar-refractivity contribution in [3.63, 3.8) is 0 Å². The fourth-order valence-electron chi connectivity index (χ4n) is 1.54. The molecule has 0 unspecified atom stereocenters. The van der Waals surface area contributed by atoms with Crippen molar-refractivity contribution in [2.24, 2.45) is 0 Å². The highest BCUT2D eigenvalue weighted by Gasteiger charge is 2.06. The molecule has 1 N–H and O–H groups in total. The van der Waals surface area contributed by atoms with E-state index in [-0.39, 0.29) is 18.1 Å². The maximum absolute atomic E-state index is 12.7. The second-order valence-corrected chi connectivity index (χ2v) is 4.24. The van der Waals surface area contributed by atoms with E-state index >= 15 is 0 Å². The van der Waals surface area contributed by atoms with Crippen molar-refractivity contribution >= 4 is 23.2 Å². The molecule has 2 aromatic rings. The molecule has 0 bridgehead atoms. The molecule has 1 amide bonds. The number of para-hydroxylation sites is 1. The van der Waals surface area contributed by atoms with Gasteiger partial charge in [-0.3, -0.25) is 4.79 Å². The number of hydrogen-bond donors (Lipinski definition) is 1. The van der Waals surface area contributed by atoms with Crippen LogP contribution in [0.3, 0.4) is 0 Å². The molecular weight excluding hydrogens is 253 g/mol. The van der Waals surface area contributed by atoms with Crippen molar-refractivity contribution in [3.05, 3.63) is 64.9 Å². The third kappa shape index (κ3) is 3.31. The first-order valence-corrected chi connectivity index (χ1v) is 5.82. The quantitative estimate of drug-likeness (QED) is 0.900. The molecule has 0 aliphatic carbocycles. The number of carbonyl (C=O) groups is 1. The van der Waals surface area contributed by atoms with Gasteiger partial charge in [-0.1, -0.05) is 35.9 Å². The summed E-state index contributed by atoms with van der Waals surface area (Å²) in [5.41, 5.74) is 1.33. The van der Waals surface area contributed by atoms with E-state index in [9.17, 15) is 9.18 Å². The minimum absolute atomic E-state index is 0.185. The zero-order valence-electron chi connectivity index (χ0n) is 9.49. The van der Waals surface area contributed by atoms with Crippen LogP contribution in [0.15, 0.2) is 48.5 Å². The summed E-state index contributed by atoms with van der Waals surface area (Å²) in [5.74, 6) is -0.500. The number of anilines is 1. The first-order valence-electron chi connectivity index (χ1n) is 5.44. The van der Waals surface area contributed by atoms with E-state index in [1.165, 1.54) is 12.1 Å². The highest BCUT2D eigenvalue weighted by Crippen LogP contribution is 2.20. The predicted molar refractivity (Wildman–Crippen MR) is 70.2 cm³/mol. The molecule has 0 saturated carbocycles. The molecular formula is C14H11ClFNO. The van der Waals surface area contributed by atoms with E-state index < -0.39 is 0 Å². The van der Waals surface area contributed by atoms with Crippen LogP contribution in [0.5, 0.6) is 0 Å². The molecule has 0 fully saturated rings. The topological polar surface area (TPSA) is 29.1 Å². The third-order valence-electron chi connectivity index (χ3n) is 2.43. The molecule has 0 spiro atoms. The summed E-state index contributed by atoms with van der Waals surface area (Å²) in [7, 11) is 0. The summed E-state index contributed by atoms with van der Waals surface area (Å²) in [4.78, 5) is 11.8. The molecule has 0 atom stereocenters. The van der Waals surface area contributed by atoms with Crippen molar-refractivity contribution in [3.8, 4) is 0 Å². The first kappa shape index (κ1) is 12.6. The molecule has 0 aromatic heterocycles. The Bertz CT molecular complexity index is 554. The van der Waals surface area contributed by atoms with Crippen LogP contribution in [0, 0.1) is 5.82 Å². The smallest absolute Gasteiger partial charge is 0.228 e. The van der Waals surface area contributed by atoms with E-state index in [2.05, 4.69) is 5.32 Å². The number of carbonyl (C=O) groups excluding carboxylic acids is 1. The SMILES string of the molecule is O=C(Cc1ccc(F)cc1)Nc1ccccc1Cl. The lowest BCUT2D eigenvalue weighted by atomic mass is 10.1. The summed E-state index contributed by atoms with van der Waals surface area (Å²) in [5, 5.41) is 3.20. The van der Waals surface area contributed by atoms with Gasteiger partial charge < -0.3 is 5.32 Å². The van der Waals surface area contributed by atoms with Crippen LogP contribution in [0.1, 0.15) is 5.56 Å². The normalized spacial score (nSPS) is 10.1. The minimum atomic E-state index is -0.315.